The smallest absolute Gasteiger partial charge is 0.221 e. The third kappa shape index (κ3) is 5.19. The molecule has 164 valence electrons. The minimum atomic E-state index is -0.271. The topological polar surface area (TPSA) is 42.0 Å². The van der Waals surface area contributed by atoms with E-state index in [9.17, 15) is 9.18 Å². The quantitative estimate of drug-likeness (QED) is 0.319. The maximum Gasteiger partial charge on any atom is 0.221 e. The third-order valence-corrected chi connectivity index (χ3v) is 6.19. The molecular formula is C28H23FN2OS. The van der Waals surface area contributed by atoms with Crippen LogP contribution in [-0.4, -0.2) is 10.9 Å². The second kappa shape index (κ2) is 10.2. The fraction of sp³-hybridized carbons (Fsp3) is 0.143. The SMILES string of the molecule is CCCC#Cc1sc(-c2ccc(F)cc2)c(-c2ccncc2)c1-c1cccc(NC(C)=O)c1. The maximum absolute atomic E-state index is 13.7. The molecule has 0 aliphatic rings. The van der Waals surface area contributed by atoms with Gasteiger partial charge in [-0.25, -0.2) is 4.39 Å². The van der Waals surface area contributed by atoms with Crippen LogP contribution < -0.4 is 5.32 Å². The van der Waals surface area contributed by atoms with Crippen LogP contribution in [0.1, 0.15) is 31.6 Å². The molecule has 4 rings (SSSR count). The Balaban J connectivity index is 2.01. The highest BCUT2D eigenvalue weighted by molar-refractivity contribution is 7.17. The lowest BCUT2D eigenvalue weighted by Crippen LogP contribution is -2.05. The number of pyridine rings is 1. The monoisotopic (exact) mass is 454 g/mol. The van der Waals surface area contributed by atoms with E-state index in [-0.39, 0.29) is 11.7 Å². The van der Waals surface area contributed by atoms with Gasteiger partial charge >= 0.3 is 0 Å². The summed E-state index contributed by atoms with van der Waals surface area (Å²) in [4.78, 5) is 17.8. The van der Waals surface area contributed by atoms with Crippen molar-refractivity contribution in [2.24, 2.45) is 0 Å². The van der Waals surface area contributed by atoms with E-state index in [1.54, 1.807) is 35.9 Å². The molecule has 2 aromatic heterocycles. The van der Waals surface area contributed by atoms with Crippen molar-refractivity contribution in [2.75, 3.05) is 5.32 Å². The first-order chi connectivity index (χ1) is 16.1. The average molecular weight is 455 g/mol. The van der Waals surface area contributed by atoms with Crippen LogP contribution in [0.2, 0.25) is 0 Å². The number of nitrogens with one attached hydrogen (secondary N) is 1. The highest BCUT2D eigenvalue weighted by Crippen LogP contribution is 2.48. The molecule has 1 amide bonds. The van der Waals surface area contributed by atoms with Crippen molar-refractivity contribution in [3.05, 3.63) is 83.8 Å². The number of aromatic nitrogens is 1. The predicted octanol–water partition coefficient (Wildman–Crippen LogP) is 7.39. The largest absolute Gasteiger partial charge is 0.326 e. The maximum atomic E-state index is 13.7. The molecule has 2 heterocycles. The van der Waals surface area contributed by atoms with E-state index in [0.29, 0.717) is 0 Å². The highest BCUT2D eigenvalue weighted by atomic mass is 32.1. The number of carbonyl (C=O) groups is 1. The highest BCUT2D eigenvalue weighted by Gasteiger charge is 2.22. The molecule has 0 spiro atoms. The summed E-state index contributed by atoms with van der Waals surface area (Å²) in [5, 5.41) is 2.87. The van der Waals surface area contributed by atoms with E-state index in [4.69, 9.17) is 0 Å². The number of benzene rings is 2. The van der Waals surface area contributed by atoms with Crippen LogP contribution in [0.4, 0.5) is 10.1 Å². The molecule has 0 bridgehead atoms. The van der Waals surface area contributed by atoms with Gasteiger partial charge in [-0.2, -0.15) is 0 Å². The summed E-state index contributed by atoms with van der Waals surface area (Å²) in [6.45, 7) is 3.60. The van der Waals surface area contributed by atoms with E-state index >= 15 is 0 Å². The Morgan fingerprint density at radius 3 is 2.45 bits per heavy atom. The van der Waals surface area contributed by atoms with Crippen LogP contribution >= 0.6 is 11.3 Å². The Labute approximate surface area is 197 Å². The van der Waals surface area contributed by atoms with E-state index in [1.807, 2.05) is 36.4 Å². The molecule has 0 radical (unpaired) electrons. The van der Waals surface area contributed by atoms with Gasteiger partial charge in [-0.05, 0) is 59.5 Å². The van der Waals surface area contributed by atoms with Gasteiger partial charge in [0.1, 0.15) is 5.82 Å². The Bertz CT molecular complexity index is 1330. The summed E-state index contributed by atoms with van der Waals surface area (Å²) in [6, 6.07) is 18.3. The second-order valence-corrected chi connectivity index (χ2v) is 8.59. The Morgan fingerprint density at radius 2 is 1.76 bits per heavy atom. The summed E-state index contributed by atoms with van der Waals surface area (Å²) in [5.41, 5.74) is 5.64. The van der Waals surface area contributed by atoms with Crippen molar-refractivity contribution < 1.29 is 9.18 Å². The van der Waals surface area contributed by atoms with Crippen LogP contribution in [0.25, 0.3) is 32.7 Å². The van der Waals surface area contributed by atoms with Crippen LogP contribution in [0.3, 0.4) is 0 Å². The molecule has 0 saturated heterocycles. The number of unbranched alkanes of at least 4 members (excludes halogenated alkanes) is 1. The molecule has 33 heavy (non-hydrogen) atoms. The molecule has 1 N–H and O–H groups in total. The minimum absolute atomic E-state index is 0.123. The molecule has 0 unspecified atom stereocenters. The second-order valence-electron chi connectivity index (χ2n) is 7.57. The van der Waals surface area contributed by atoms with Gasteiger partial charge in [0.05, 0.1) is 4.88 Å². The molecule has 2 aromatic carbocycles. The number of thiophene rings is 1. The number of hydrogen-bond acceptors (Lipinski definition) is 3. The number of anilines is 1. The molecule has 4 aromatic rings. The van der Waals surface area contributed by atoms with Crippen molar-refractivity contribution in [2.45, 2.75) is 26.7 Å². The Morgan fingerprint density at radius 1 is 1.00 bits per heavy atom. The zero-order chi connectivity index (χ0) is 23.2. The number of amides is 1. The number of carbonyl (C=O) groups excluding carboxylic acids is 1. The number of hydrogen-bond donors (Lipinski definition) is 1. The fourth-order valence-electron chi connectivity index (χ4n) is 3.62. The molecule has 3 nitrogen and oxygen atoms in total. The normalized spacial score (nSPS) is 10.4. The van der Waals surface area contributed by atoms with E-state index in [0.717, 1.165) is 56.1 Å². The van der Waals surface area contributed by atoms with Gasteiger partial charge in [-0.1, -0.05) is 43.0 Å². The van der Waals surface area contributed by atoms with Crippen LogP contribution in [-0.2, 0) is 4.79 Å². The zero-order valence-electron chi connectivity index (χ0n) is 18.5. The first-order valence-electron chi connectivity index (χ1n) is 10.8. The molecule has 0 aliphatic carbocycles. The molecule has 0 atom stereocenters. The lowest BCUT2D eigenvalue weighted by molar-refractivity contribution is -0.114. The number of rotatable bonds is 5. The lowest BCUT2D eigenvalue weighted by atomic mass is 9.93. The fourth-order valence-corrected chi connectivity index (χ4v) is 4.84. The van der Waals surface area contributed by atoms with Gasteiger partial charge in [-0.15, -0.1) is 11.3 Å². The summed E-state index contributed by atoms with van der Waals surface area (Å²) in [6.07, 6.45) is 5.32. The predicted molar refractivity (Wildman–Crippen MR) is 134 cm³/mol. The van der Waals surface area contributed by atoms with Gasteiger partial charge in [-0.3, -0.25) is 9.78 Å². The van der Waals surface area contributed by atoms with Crippen molar-refractivity contribution in [3.63, 3.8) is 0 Å². The number of halogens is 1. The van der Waals surface area contributed by atoms with E-state index < -0.39 is 0 Å². The summed E-state index contributed by atoms with van der Waals surface area (Å²) < 4.78 is 13.7. The third-order valence-electron chi connectivity index (χ3n) is 5.03. The summed E-state index contributed by atoms with van der Waals surface area (Å²) in [7, 11) is 0. The van der Waals surface area contributed by atoms with E-state index in [2.05, 4.69) is 29.1 Å². The molecular weight excluding hydrogens is 431 g/mol. The summed E-state index contributed by atoms with van der Waals surface area (Å²) >= 11 is 1.60. The van der Waals surface area contributed by atoms with Gasteiger partial charge in [0, 0.05) is 47.4 Å². The van der Waals surface area contributed by atoms with Gasteiger partial charge in [0.2, 0.25) is 5.91 Å². The van der Waals surface area contributed by atoms with Gasteiger partial charge < -0.3 is 5.32 Å². The Kier molecular flexibility index (Phi) is 6.97. The minimum Gasteiger partial charge on any atom is -0.326 e. The van der Waals surface area contributed by atoms with Crippen molar-refractivity contribution in [3.8, 4) is 44.5 Å². The first kappa shape index (κ1) is 22.4. The molecule has 0 aliphatic heterocycles. The van der Waals surface area contributed by atoms with Gasteiger partial charge in [0.25, 0.3) is 0 Å². The van der Waals surface area contributed by atoms with Crippen molar-refractivity contribution in [1.29, 1.82) is 0 Å². The zero-order valence-corrected chi connectivity index (χ0v) is 19.3. The van der Waals surface area contributed by atoms with Crippen molar-refractivity contribution >= 4 is 22.9 Å². The van der Waals surface area contributed by atoms with Crippen LogP contribution in [0, 0.1) is 17.7 Å². The molecule has 0 saturated carbocycles. The van der Waals surface area contributed by atoms with E-state index in [1.165, 1.54) is 19.1 Å². The molecule has 5 heteroatoms. The lowest BCUT2D eigenvalue weighted by Gasteiger charge is -2.11. The van der Waals surface area contributed by atoms with Crippen LogP contribution in [0.15, 0.2) is 73.1 Å². The number of nitrogens with zero attached hydrogens (tertiary/aromatic N) is 1. The standard InChI is InChI=1S/C28H23FN2OS/c1-3-4-5-9-25-26(22-7-6-8-24(18-22)31-19(2)32)27(20-14-16-30-17-15-20)28(33-25)21-10-12-23(29)13-11-21/h6-8,10-18H,3-4H2,1-2H3,(H,31,32). The molecule has 0 fully saturated rings. The van der Waals surface area contributed by atoms with Crippen molar-refractivity contribution in [1.82, 2.24) is 4.98 Å². The first-order valence-corrected chi connectivity index (χ1v) is 11.6. The Hall–Kier alpha value is -3.75. The summed E-state index contributed by atoms with van der Waals surface area (Å²) in [5.74, 6) is 6.26. The average Bonchev–Trinajstić information content (AvgIpc) is 3.19. The van der Waals surface area contributed by atoms with Gasteiger partial charge in [0.15, 0.2) is 0 Å². The van der Waals surface area contributed by atoms with Crippen LogP contribution in [0.5, 0.6) is 0 Å².